The predicted molar refractivity (Wildman–Crippen MR) is 93.6 cm³/mol. The number of fused-ring (bicyclic) bond motifs is 1. The number of piperidine rings is 1. The number of aromatic nitrogens is 1. The number of rotatable bonds is 5. The minimum absolute atomic E-state index is 0.0739. The Bertz CT molecular complexity index is 592. The highest BCUT2D eigenvalue weighted by atomic mass is 32.1. The lowest BCUT2D eigenvalue weighted by Gasteiger charge is -2.32. The van der Waals surface area contributed by atoms with Crippen molar-refractivity contribution in [2.45, 2.75) is 45.1 Å². The number of primary amides is 1. The van der Waals surface area contributed by atoms with Crippen LogP contribution in [0.2, 0.25) is 0 Å². The molecule has 1 fully saturated rings. The molecule has 24 heavy (non-hydrogen) atoms. The Hall–Kier alpha value is -1.47. The molecular formula is C17H26N4O2S. The van der Waals surface area contributed by atoms with E-state index in [-0.39, 0.29) is 17.7 Å². The van der Waals surface area contributed by atoms with Crippen LogP contribution in [0.25, 0.3) is 0 Å². The van der Waals surface area contributed by atoms with Crippen molar-refractivity contribution >= 4 is 23.2 Å². The summed E-state index contributed by atoms with van der Waals surface area (Å²) in [7, 11) is 1.95. The van der Waals surface area contributed by atoms with Crippen LogP contribution in [-0.2, 0) is 29.0 Å². The number of aryl methyl sites for hydroxylation is 2. The summed E-state index contributed by atoms with van der Waals surface area (Å²) in [6.07, 6.45) is 6.38. The zero-order chi connectivity index (χ0) is 17.1. The normalized spacial score (nSPS) is 20.9. The van der Waals surface area contributed by atoms with Crippen molar-refractivity contribution in [2.24, 2.45) is 11.7 Å². The second-order valence-corrected chi connectivity index (χ2v) is 8.11. The molecule has 1 saturated heterocycles. The molecule has 1 atom stereocenters. The van der Waals surface area contributed by atoms with Crippen molar-refractivity contribution in [3.05, 3.63) is 15.6 Å². The average molecular weight is 350 g/mol. The van der Waals surface area contributed by atoms with E-state index >= 15 is 0 Å². The molecule has 0 aromatic carbocycles. The highest BCUT2D eigenvalue weighted by Gasteiger charge is 2.27. The second-order valence-electron chi connectivity index (χ2n) is 6.94. The van der Waals surface area contributed by atoms with Gasteiger partial charge in [-0.1, -0.05) is 0 Å². The van der Waals surface area contributed by atoms with Crippen molar-refractivity contribution in [1.29, 1.82) is 0 Å². The Labute approximate surface area is 147 Å². The number of amides is 2. The van der Waals surface area contributed by atoms with Gasteiger partial charge in [0.2, 0.25) is 11.8 Å². The van der Waals surface area contributed by atoms with Crippen LogP contribution in [0.5, 0.6) is 0 Å². The van der Waals surface area contributed by atoms with Gasteiger partial charge in [-0.05, 0) is 45.6 Å². The van der Waals surface area contributed by atoms with Gasteiger partial charge in [0.25, 0.3) is 0 Å². The molecule has 132 valence electrons. The van der Waals surface area contributed by atoms with Crippen LogP contribution in [0.1, 0.15) is 41.3 Å². The van der Waals surface area contributed by atoms with Gasteiger partial charge in [0, 0.05) is 18.0 Å². The number of carbonyl (C=O) groups is 2. The fourth-order valence-corrected chi connectivity index (χ4v) is 4.76. The van der Waals surface area contributed by atoms with E-state index in [0.29, 0.717) is 19.6 Å². The summed E-state index contributed by atoms with van der Waals surface area (Å²) in [6.45, 7) is 2.25. The van der Waals surface area contributed by atoms with E-state index in [9.17, 15) is 9.59 Å². The molecule has 2 amide bonds. The van der Waals surface area contributed by atoms with Gasteiger partial charge in [-0.3, -0.25) is 14.5 Å². The van der Waals surface area contributed by atoms with E-state index in [1.165, 1.54) is 23.4 Å². The first-order valence-electron chi connectivity index (χ1n) is 8.76. The monoisotopic (exact) mass is 350 g/mol. The van der Waals surface area contributed by atoms with E-state index in [0.717, 1.165) is 37.2 Å². The molecule has 0 bridgehead atoms. The molecule has 1 unspecified atom stereocenters. The summed E-state index contributed by atoms with van der Waals surface area (Å²) in [5.41, 5.74) is 6.65. The summed E-state index contributed by atoms with van der Waals surface area (Å²) < 4.78 is 0. The van der Waals surface area contributed by atoms with Crippen LogP contribution < -0.4 is 5.73 Å². The van der Waals surface area contributed by atoms with Gasteiger partial charge in [0.15, 0.2) is 0 Å². The van der Waals surface area contributed by atoms with Crippen molar-refractivity contribution in [3.63, 3.8) is 0 Å². The van der Waals surface area contributed by atoms with Gasteiger partial charge in [0.1, 0.15) is 5.01 Å². The first kappa shape index (κ1) is 17.4. The molecule has 1 aliphatic carbocycles. The summed E-state index contributed by atoms with van der Waals surface area (Å²) >= 11 is 1.79. The molecule has 0 saturated carbocycles. The number of nitrogens with two attached hydrogens (primary N) is 1. The highest BCUT2D eigenvalue weighted by Crippen LogP contribution is 2.27. The van der Waals surface area contributed by atoms with Gasteiger partial charge < -0.3 is 10.6 Å². The van der Waals surface area contributed by atoms with Crippen LogP contribution in [0, 0.1) is 5.92 Å². The fraction of sp³-hybridized carbons (Fsp3) is 0.706. The number of hydrogen-bond donors (Lipinski definition) is 1. The third-order valence-corrected chi connectivity index (χ3v) is 6.02. The largest absolute Gasteiger partial charge is 0.369 e. The third-order valence-electron chi connectivity index (χ3n) is 4.88. The minimum Gasteiger partial charge on any atom is -0.369 e. The van der Waals surface area contributed by atoms with E-state index in [2.05, 4.69) is 0 Å². The molecule has 6 nitrogen and oxygen atoms in total. The van der Waals surface area contributed by atoms with Crippen LogP contribution in [0.15, 0.2) is 0 Å². The number of likely N-dealkylation sites (N-methyl/N-ethyl adjacent to an activating group) is 1. The molecule has 1 aliphatic heterocycles. The number of likely N-dealkylation sites (tertiary alicyclic amines) is 1. The van der Waals surface area contributed by atoms with Crippen LogP contribution in [0.3, 0.4) is 0 Å². The highest BCUT2D eigenvalue weighted by molar-refractivity contribution is 7.11. The number of hydrogen-bond acceptors (Lipinski definition) is 5. The van der Waals surface area contributed by atoms with Gasteiger partial charge >= 0.3 is 0 Å². The van der Waals surface area contributed by atoms with Gasteiger partial charge in [-0.25, -0.2) is 4.98 Å². The number of carbonyl (C=O) groups excluding carboxylic acids is 2. The van der Waals surface area contributed by atoms with Crippen molar-refractivity contribution < 1.29 is 9.59 Å². The lowest BCUT2D eigenvalue weighted by atomic mass is 9.97. The standard InChI is InChI=1S/C17H26N4O2S/c1-20(10-15-19-13-6-2-3-7-14(13)24-15)11-16(22)21-8-4-5-12(9-21)17(18)23/h12H,2-11H2,1H3,(H2,18,23). The SMILES string of the molecule is CN(CC(=O)N1CCCC(C(N)=O)C1)Cc1nc2c(s1)CCCC2. The molecule has 2 aliphatic rings. The molecule has 1 aromatic heterocycles. The molecule has 3 rings (SSSR count). The molecule has 2 N–H and O–H groups in total. The summed E-state index contributed by atoms with van der Waals surface area (Å²) in [5.74, 6) is -0.419. The Morgan fingerprint density at radius 1 is 1.33 bits per heavy atom. The minimum atomic E-state index is -0.297. The first-order chi connectivity index (χ1) is 11.5. The second kappa shape index (κ2) is 7.61. The third kappa shape index (κ3) is 4.13. The summed E-state index contributed by atoms with van der Waals surface area (Å²) in [6, 6.07) is 0. The Balaban J connectivity index is 1.52. The summed E-state index contributed by atoms with van der Waals surface area (Å²) in [5, 5.41) is 1.10. The molecular weight excluding hydrogens is 324 g/mol. The Morgan fingerprint density at radius 3 is 2.88 bits per heavy atom. The van der Waals surface area contributed by atoms with Crippen molar-refractivity contribution in [1.82, 2.24) is 14.8 Å². The Morgan fingerprint density at radius 2 is 2.12 bits per heavy atom. The lowest BCUT2D eigenvalue weighted by Crippen LogP contribution is -2.47. The first-order valence-corrected chi connectivity index (χ1v) is 9.57. The molecule has 0 spiro atoms. The molecule has 2 heterocycles. The molecule has 1 aromatic rings. The number of thiazole rings is 1. The van der Waals surface area contributed by atoms with E-state index < -0.39 is 0 Å². The van der Waals surface area contributed by atoms with E-state index in [1.54, 1.807) is 16.2 Å². The van der Waals surface area contributed by atoms with E-state index in [4.69, 9.17) is 10.7 Å². The maximum absolute atomic E-state index is 12.5. The average Bonchev–Trinajstić information content (AvgIpc) is 2.96. The fourth-order valence-electron chi connectivity index (χ4n) is 3.53. The topological polar surface area (TPSA) is 79.5 Å². The maximum atomic E-state index is 12.5. The van der Waals surface area contributed by atoms with E-state index in [1.807, 2.05) is 11.9 Å². The molecule has 0 radical (unpaired) electrons. The van der Waals surface area contributed by atoms with Crippen molar-refractivity contribution in [2.75, 3.05) is 26.7 Å². The van der Waals surface area contributed by atoms with Crippen LogP contribution in [-0.4, -0.2) is 53.3 Å². The van der Waals surface area contributed by atoms with Gasteiger partial charge in [0.05, 0.1) is 24.7 Å². The zero-order valence-corrected chi connectivity index (χ0v) is 15.1. The van der Waals surface area contributed by atoms with Crippen LogP contribution in [0.4, 0.5) is 0 Å². The Kier molecular flexibility index (Phi) is 5.50. The van der Waals surface area contributed by atoms with Gasteiger partial charge in [-0.15, -0.1) is 11.3 Å². The quantitative estimate of drug-likeness (QED) is 0.865. The molecule has 7 heteroatoms. The number of nitrogens with zero attached hydrogens (tertiary/aromatic N) is 3. The smallest absolute Gasteiger partial charge is 0.236 e. The maximum Gasteiger partial charge on any atom is 0.236 e. The van der Waals surface area contributed by atoms with Crippen molar-refractivity contribution in [3.8, 4) is 0 Å². The summed E-state index contributed by atoms with van der Waals surface area (Å²) in [4.78, 5) is 33.8. The van der Waals surface area contributed by atoms with Gasteiger partial charge in [-0.2, -0.15) is 0 Å². The predicted octanol–water partition coefficient (Wildman–Crippen LogP) is 1.18. The van der Waals surface area contributed by atoms with Crippen LogP contribution >= 0.6 is 11.3 Å². The zero-order valence-electron chi connectivity index (χ0n) is 14.3. The lowest BCUT2D eigenvalue weighted by molar-refractivity contribution is -0.135.